The van der Waals surface area contributed by atoms with E-state index in [4.69, 9.17) is 23.2 Å². The Morgan fingerprint density at radius 3 is 2.73 bits per heavy atom. The van der Waals surface area contributed by atoms with E-state index in [0.717, 1.165) is 40.7 Å². The second-order valence-electron chi connectivity index (χ2n) is 3.44. The molecule has 0 saturated carbocycles. The number of unbranched alkanes of at least 4 members (excludes halogenated alkanes) is 1. The molecule has 15 heavy (non-hydrogen) atoms. The number of rotatable bonds is 5. The minimum absolute atomic E-state index is 0.718. The lowest BCUT2D eigenvalue weighted by Crippen LogP contribution is -2.01. The molecule has 0 heterocycles. The van der Waals surface area contributed by atoms with Gasteiger partial charge in [0.05, 0.1) is 10.7 Å². The summed E-state index contributed by atoms with van der Waals surface area (Å²) in [6.07, 6.45) is 3.96. The Balaban J connectivity index is 2.61. The van der Waals surface area contributed by atoms with Crippen LogP contribution in [-0.4, -0.2) is 6.54 Å². The minimum atomic E-state index is 0.718. The van der Waals surface area contributed by atoms with E-state index < -0.39 is 0 Å². The first-order valence-corrected chi connectivity index (χ1v) is 5.71. The van der Waals surface area contributed by atoms with Gasteiger partial charge in [0.2, 0.25) is 0 Å². The van der Waals surface area contributed by atoms with E-state index >= 15 is 0 Å². The van der Waals surface area contributed by atoms with Gasteiger partial charge in [0.25, 0.3) is 0 Å². The van der Waals surface area contributed by atoms with Gasteiger partial charge in [0, 0.05) is 11.6 Å². The fourth-order valence-corrected chi connectivity index (χ4v) is 1.70. The highest BCUT2D eigenvalue weighted by Gasteiger charge is 2.03. The third-order valence-corrected chi connectivity index (χ3v) is 2.87. The minimum Gasteiger partial charge on any atom is -0.384 e. The third kappa shape index (κ3) is 3.77. The van der Waals surface area contributed by atoms with Crippen LogP contribution in [0.25, 0.3) is 0 Å². The number of halogens is 2. The van der Waals surface area contributed by atoms with Crippen molar-refractivity contribution in [2.24, 2.45) is 0 Å². The molecule has 0 aliphatic heterocycles. The Hall–Kier alpha value is -0.660. The molecule has 1 rings (SSSR count). The second-order valence-corrected chi connectivity index (χ2v) is 4.25. The van der Waals surface area contributed by atoms with Crippen molar-refractivity contribution in [1.82, 2.24) is 0 Å². The SMILES string of the molecule is C=CCCCNc1cc(Cl)c(C)cc1Cl. The van der Waals surface area contributed by atoms with Crippen LogP contribution < -0.4 is 5.32 Å². The number of nitrogens with one attached hydrogen (secondary N) is 1. The number of hydrogen-bond acceptors (Lipinski definition) is 1. The second kappa shape index (κ2) is 6.04. The number of allylic oxidation sites excluding steroid dienone is 1. The maximum Gasteiger partial charge on any atom is 0.0641 e. The van der Waals surface area contributed by atoms with Crippen molar-refractivity contribution in [2.45, 2.75) is 19.8 Å². The summed E-state index contributed by atoms with van der Waals surface area (Å²) in [6.45, 7) is 6.49. The van der Waals surface area contributed by atoms with Crippen LogP contribution in [0.3, 0.4) is 0 Å². The first-order chi connectivity index (χ1) is 7.15. The lowest BCUT2D eigenvalue weighted by Gasteiger charge is -2.09. The largest absolute Gasteiger partial charge is 0.384 e. The Labute approximate surface area is 101 Å². The van der Waals surface area contributed by atoms with Gasteiger partial charge in [-0.2, -0.15) is 0 Å². The summed E-state index contributed by atoms with van der Waals surface area (Å²) >= 11 is 12.1. The van der Waals surface area contributed by atoms with Gasteiger partial charge in [-0.05, 0) is 37.5 Å². The molecular formula is C12H15Cl2N. The molecule has 1 aromatic rings. The van der Waals surface area contributed by atoms with E-state index in [0.29, 0.717) is 0 Å². The summed E-state index contributed by atoms with van der Waals surface area (Å²) in [5, 5.41) is 4.71. The topological polar surface area (TPSA) is 12.0 Å². The van der Waals surface area contributed by atoms with Crippen LogP contribution in [0.1, 0.15) is 18.4 Å². The molecule has 0 saturated heterocycles. The molecule has 1 aromatic carbocycles. The summed E-state index contributed by atoms with van der Waals surface area (Å²) in [4.78, 5) is 0. The number of anilines is 1. The predicted molar refractivity (Wildman–Crippen MR) is 69.1 cm³/mol. The molecule has 3 heteroatoms. The quantitative estimate of drug-likeness (QED) is 0.585. The van der Waals surface area contributed by atoms with Gasteiger partial charge in [-0.15, -0.1) is 6.58 Å². The maximum atomic E-state index is 6.07. The molecular weight excluding hydrogens is 229 g/mol. The van der Waals surface area contributed by atoms with Crippen LogP contribution in [0.5, 0.6) is 0 Å². The maximum absolute atomic E-state index is 6.07. The monoisotopic (exact) mass is 243 g/mol. The Morgan fingerprint density at radius 2 is 2.07 bits per heavy atom. The molecule has 1 N–H and O–H groups in total. The van der Waals surface area contributed by atoms with Crippen molar-refractivity contribution < 1.29 is 0 Å². The average molecular weight is 244 g/mol. The molecule has 0 bridgehead atoms. The van der Waals surface area contributed by atoms with Crippen molar-refractivity contribution in [1.29, 1.82) is 0 Å². The Morgan fingerprint density at radius 1 is 1.33 bits per heavy atom. The fraction of sp³-hybridized carbons (Fsp3) is 0.333. The first-order valence-electron chi connectivity index (χ1n) is 4.95. The van der Waals surface area contributed by atoms with Gasteiger partial charge >= 0.3 is 0 Å². The normalized spacial score (nSPS) is 10.1. The highest BCUT2D eigenvalue weighted by atomic mass is 35.5. The Kier molecular flexibility index (Phi) is 5.00. The van der Waals surface area contributed by atoms with Gasteiger partial charge < -0.3 is 5.32 Å². The predicted octanol–water partition coefficient (Wildman–Crippen LogP) is 4.68. The van der Waals surface area contributed by atoms with E-state index in [2.05, 4.69) is 11.9 Å². The number of hydrogen-bond donors (Lipinski definition) is 1. The molecule has 0 aliphatic rings. The molecule has 1 nitrogen and oxygen atoms in total. The summed E-state index contributed by atoms with van der Waals surface area (Å²) in [5.41, 5.74) is 1.90. The molecule has 0 aromatic heterocycles. The van der Waals surface area contributed by atoms with Crippen LogP contribution in [0, 0.1) is 6.92 Å². The standard InChI is InChI=1S/C12H15Cl2N/c1-3-4-5-6-15-12-8-10(13)9(2)7-11(12)14/h3,7-8,15H,1,4-6H2,2H3. The van der Waals surface area contributed by atoms with Crippen molar-refractivity contribution in [2.75, 3.05) is 11.9 Å². The molecule has 0 aliphatic carbocycles. The molecule has 0 amide bonds. The van der Waals surface area contributed by atoms with E-state index in [1.54, 1.807) is 0 Å². The van der Waals surface area contributed by atoms with Gasteiger partial charge in [0.15, 0.2) is 0 Å². The molecule has 82 valence electrons. The molecule has 0 atom stereocenters. The first kappa shape index (κ1) is 12.4. The third-order valence-electron chi connectivity index (χ3n) is 2.15. The zero-order chi connectivity index (χ0) is 11.3. The summed E-state index contributed by atoms with van der Waals surface area (Å²) < 4.78 is 0. The van der Waals surface area contributed by atoms with Crippen LogP contribution in [0.2, 0.25) is 10.0 Å². The summed E-state index contributed by atoms with van der Waals surface area (Å²) in [7, 11) is 0. The van der Waals surface area contributed by atoms with Gasteiger partial charge in [-0.1, -0.05) is 29.3 Å². The Bertz CT molecular complexity index is 348. The molecule has 0 fully saturated rings. The molecule has 0 spiro atoms. The average Bonchev–Trinajstić information content (AvgIpc) is 2.20. The van der Waals surface area contributed by atoms with Gasteiger partial charge in [-0.25, -0.2) is 0 Å². The van der Waals surface area contributed by atoms with E-state index in [1.165, 1.54) is 0 Å². The fourth-order valence-electron chi connectivity index (χ4n) is 1.25. The van der Waals surface area contributed by atoms with E-state index in [9.17, 15) is 0 Å². The highest BCUT2D eigenvalue weighted by molar-refractivity contribution is 6.35. The summed E-state index contributed by atoms with van der Waals surface area (Å²) in [5.74, 6) is 0. The van der Waals surface area contributed by atoms with Crippen molar-refractivity contribution in [3.63, 3.8) is 0 Å². The van der Waals surface area contributed by atoms with E-state index in [1.807, 2.05) is 25.1 Å². The van der Waals surface area contributed by atoms with Crippen LogP contribution in [0.15, 0.2) is 24.8 Å². The number of benzene rings is 1. The van der Waals surface area contributed by atoms with Crippen molar-refractivity contribution in [3.05, 3.63) is 40.4 Å². The molecule has 0 unspecified atom stereocenters. The lowest BCUT2D eigenvalue weighted by molar-refractivity contribution is 0.891. The van der Waals surface area contributed by atoms with Crippen molar-refractivity contribution >= 4 is 28.9 Å². The number of aryl methyl sites for hydroxylation is 1. The smallest absolute Gasteiger partial charge is 0.0641 e. The molecule has 0 radical (unpaired) electrons. The van der Waals surface area contributed by atoms with Gasteiger partial charge in [-0.3, -0.25) is 0 Å². The van der Waals surface area contributed by atoms with E-state index in [-0.39, 0.29) is 0 Å². The van der Waals surface area contributed by atoms with Crippen molar-refractivity contribution in [3.8, 4) is 0 Å². The summed E-state index contributed by atoms with van der Waals surface area (Å²) in [6, 6.07) is 3.74. The lowest BCUT2D eigenvalue weighted by atomic mass is 10.2. The van der Waals surface area contributed by atoms with Crippen LogP contribution in [0.4, 0.5) is 5.69 Å². The van der Waals surface area contributed by atoms with Crippen LogP contribution >= 0.6 is 23.2 Å². The zero-order valence-electron chi connectivity index (χ0n) is 8.82. The van der Waals surface area contributed by atoms with Gasteiger partial charge in [0.1, 0.15) is 0 Å². The zero-order valence-corrected chi connectivity index (χ0v) is 10.3. The highest BCUT2D eigenvalue weighted by Crippen LogP contribution is 2.28. The van der Waals surface area contributed by atoms with Crippen LogP contribution in [-0.2, 0) is 0 Å².